The van der Waals surface area contributed by atoms with E-state index < -0.39 is 0 Å². The summed E-state index contributed by atoms with van der Waals surface area (Å²) < 4.78 is 5.39. The number of morpholine rings is 1. The average molecular weight is 289 g/mol. The Morgan fingerprint density at radius 3 is 2.68 bits per heavy atom. The third-order valence-corrected chi connectivity index (χ3v) is 4.88. The first-order valence-electron chi connectivity index (χ1n) is 7.39. The monoisotopic (exact) mass is 288 g/mol. The summed E-state index contributed by atoms with van der Waals surface area (Å²) in [6.45, 7) is 4.02. The molecule has 1 atom stereocenters. The number of hydrogen-bond donors (Lipinski definition) is 1. The highest BCUT2D eigenvalue weighted by atomic mass is 35.5. The maximum absolute atomic E-state index is 12.4. The third kappa shape index (κ3) is 3.23. The van der Waals surface area contributed by atoms with Crippen molar-refractivity contribution in [2.45, 2.75) is 44.6 Å². The number of nitrogens with zero attached hydrogens (tertiary/aromatic N) is 1. The zero-order valence-electron chi connectivity index (χ0n) is 11.5. The van der Waals surface area contributed by atoms with E-state index in [1.165, 1.54) is 38.5 Å². The molecule has 1 amide bonds. The summed E-state index contributed by atoms with van der Waals surface area (Å²) >= 11 is 0. The smallest absolute Gasteiger partial charge is 0.242 e. The molecule has 0 aromatic carbocycles. The number of halogens is 1. The summed E-state index contributed by atoms with van der Waals surface area (Å²) in [6, 6.07) is -0.0995. The van der Waals surface area contributed by atoms with Gasteiger partial charge in [0.25, 0.3) is 0 Å². The van der Waals surface area contributed by atoms with Crippen molar-refractivity contribution in [1.82, 2.24) is 10.2 Å². The maximum Gasteiger partial charge on any atom is 0.242 e. The Hall–Kier alpha value is -0.320. The molecule has 19 heavy (non-hydrogen) atoms. The van der Waals surface area contributed by atoms with Gasteiger partial charge >= 0.3 is 0 Å². The number of ether oxygens (including phenoxy) is 1. The van der Waals surface area contributed by atoms with E-state index in [9.17, 15) is 4.79 Å². The minimum atomic E-state index is -0.0995. The van der Waals surface area contributed by atoms with E-state index in [4.69, 9.17) is 4.74 Å². The molecule has 1 N–H and O–H groups in total. The van der Waals surface area contributed by atoms with Crippen LogP contribution in [0.5, 0.6) is 0 Å². The van der Waals surface area contributed by atoms with Crippen LogP contribution in [0, 0.1) is 5.41 Å². The first kappa shape index (κ1) is 15.1. The summed E-state index contributed by atoms with van der Waals surface area (Å²) in [7, 11) is 0. The molecule has 3 fully saturated rings. The van der Waals surface area contributed by atoms with Crippen molar-refractivity contribution in [3.8, 4) is 0 Å². The van der Waals surface area contributed by atoms with Gasteiger partial charge in [0.15, 0.2) is 0 Å². The van der Waals surface area contributed by atoms with Crippen molar-refractivity contribution in [3.05, 3.63) is 0 Å². The van der Waals surface area contributed by atoms with Gasteiger partial charge in [0, 0.05) is 19.6 Å². The first-order valence-corrected chi connectivity index (χ1v) is 7.39. The molecule has 0 radical (unpaired) electrons. The highest BCUT2D eigenvalue weighted by molar-refractivity contribution is 5.85. The molecule has 0 aromatic rings. The molecule has 3 aliphatic rings. The molecule has 4 nitrogen and oxygen atoms in total. The van der Waals surface area contributed by atoms with Crippen molar-refractivity contribution in [2.24, 2.45) is 5.41 Å². The van der Waals surface area contributed by atoms with Gasteiger partial charge in [-0.1, -0.05) is 19.3 Å². The largest absolute Gasteiger partial charge is 0.378 e. The van der Waals surface area contributed by atoms with Gasteiger partial charge in [0.1, 0.15) is 6.04 Å². The van der Waals surface area contributed by atoms with E-state index >= 15 is 0 Å². The molecule has 1 aliphatic carbocycles. The van der Waals surface area contributed by atoms with Crippen molar-refractivity contribution < 1.29 is 9.53 Å². The first-order chi connectivity index (χ1) is 8.79. The quantitative estimate of drug-likeness (QED) is 0.796. The van der Waals surface area contributed by atoms with E-state index in [2.05, 4.69) is 10.2 Å². The fourth-order valence-electron chi connectivity index (χ4n) is 3.78. The Labute approximate surface area is 121 Å². The molecular weight excluding hydrogens is 264 g/mol. The summed E-state index contributed by atoms with van der Waals surface area (Å²) in [5, 5.41) is 3.27. The Morgan fingerprint density at radius 1 is 1.21 bits per heavy atom. The molecule has 110 valence electrons. The minimum Gasteiger partial charge on any atom is -0.378 e. The van der Waals surface area contributed by atoms with Crippen molar-refractivity contribution >= 4 is 18.3 Å². The zero-order valence-corrected chi connectivity index (χ0v) is 12.3. The van der Waals surface area contributed by atoms with Gasteiger partial charge in [-0.25, -0.2) is 0 Å². The lowest BCUT2D eigenvalue weighted by molar-refractivity contribution is -0.135. The SMILES string of the molecule is Cl.O=C(C1COCCN1)N1CCC2(CCCCC2)C1. The van der Waals surface area contributed by atoms with Crippen LogP contribution in [0.25, 0.3) is 0 Å². The molecular formula is C14H25ClN2O2. The van der Waals surface area contributed by atoms with Crippen LogP contribution in [0.15, 0.2) is 0 Å². The Bertz CT molecular complexity index is 313. The van der Waals surface area contributed by atoms with Gasteiger partial charge in [0.2, 0.25) is 5.91 Å². The zero-order chi connectivity index (χ0) is 12.4. The summed E-state index contributed by atoms with van der Waals surface area (Å²) in [4.78, 5) is 14.5. The van der Waals surface area contributed by atoms with Crippen LogP contribution in [0.3, 0.4) is 0 Å². The molecule has 2 aliphatic heterocycles. The van der Waals surface area contributed by atoms with E-state index in [1.54, 1.807) is 0 Å². The normalized spacial score (nSPS) is 30.1. The Balaban J connectivity index is 0.00000133. The number of hydrogen-bond acceptors (Lipinski definition) is 3. The molecule has 1 unspecified atom stereocenters. The fraction of sp³-hybridized carbons (Fsp3) is 0.929. The number of rotatable bonds is 1. The second-order valence-corrected chi connectivity index (χ2v) is 6.15. The van der Waals surface area contributed by atoms with Gasteiger partial charge < -0.3 is 15.0 Å². The van der Waals surface area contributed by atoms with E-state index in [0.717, 1.165) is 26.2 Å². The van der Waals surface area contributed by atoms with Crippen LogP contribution in [0.2, 0.25) is 0 Å². The van der Waals surface area contributed by atoms with Crippen LogP contribution >= 0.6 is 12.4 Å². The Kier molecular flexibility index (Phi) is 5.09. The lowest BCUT2D eigenvalue weighted by atomic mass is 9.73. The lowest BCUT2D eigenvalue weighted by Crippen LogP contribution is -2.52. The molecule has 1 spiro atoms. The van der Waals surface area contributed by atoms with Crippen LogP contribution in [-0.2, 0) is 9.53 Å². The lowest BCUT2D eigenvalue weighted by Gasteiger charge is -2.34. The summed E-state index contributed by atoms with van der Waals surface area (Å²) in [5.74, 6) is 0.261. The van der Waals surface area contributed by atoms with E-state index in [0.29, 0.717) is 12.0 Å². The van der Waals surface area contributed by atoms with Gasteiger partial charge in [-0.3, -0.25) is 4.79 Å². The highest BCUT2D eigenvalue weighted by Crippen LogP contribution is 2.43. The number of carbonyl (C=O) groups excluding carboxylic acids is 1. The van der Waals surface area contributed by atoms with E-state index in [-0.39, 0.29) is 24.4 Å². The predicted molar refractivity (Wildman–Crippen MR) is 76.6 cm³/mol. The Morgan fingerprint density at radius 2 is 2.00 bits per heavy atom. The third-order valence-electron chi connectivity index (χ3n) is 4.88. The summed E-state index contributed by atoms with van der Waals surface area (Å²) in [5.41, 5.74) is 0.462. The second kappa shape index (κ2) is 6.42. The molecule has 1 saturated carbocycles. The molecule has 2 heterocycles. The fourth-order valence-corrected chi connectivity index (χ4v) is 3.78. The van der Waals surface area contributed by atoms with Crippen molar-refractivity contribution in [2.75, 3.05) is 32.8 Å². The maximum atomic E-state index is 12.4. The van der Waals surface area contributed by atoms with Crippen LogP contribution in [-0.4, -0.2) is 49.7 Å². The van der Waals surface area contributed by atoms with Gasteiger partial charge in [-0.2, -0.15) is 0 Å². The van der Waals surface area contributed by atoms with Crippen molar-refractivity contribution in [3.63, 3.8) is 0 Å². The topological polar surface area (TPSA) is 41.6 Å². The number of nitrogens with one attached hydrogen (secondary N) is 1. The van der Waals surface area contributed by atoms with Gasteiger partial charge in [-0.15, -0.1) is 12.4 Å². The molecule has 3 rings (SSSR count). The van der Waals surface area contributed by atoms with Crippen molar-refractivity contribution in [1.29, 1.82) is 0 Å². The van der Waals surface area contributed by atoms with Gasteiger partial charge in [0.05, 0.1) is 13.2 Å². The average Bonchev–Trinajstić information content (AvgIpc) is 2.83. The van der Waals surface area contributed by atoms with Crippen LogP contribution in [0.4, 0.5) is 0 Å². The minimum absolute atomic E-state index is 0. The molecule has 0 aromatic heterocycles. The van der Waals surface area contributed by atoms with Gasteiger partial charge in [-0.05, 0) is 24.7 Å². The molecule has 0 bridgehead atoms. The van der Waals surface area contributed by atoms with Crippen LogP contribution < -0.4 is 5.32 Å². The second-order valence-electron chi connectivity index (χ2n) is 6.15. The number of likely N-dealkylation sites (tertiary alicyclic amines) is 1. The summed E-state index contributed by atoms with van der Waals surface area (Å²) in [6.07, 6.45) is 7.95. The highest BCUT2D eigenvalue weighted by Gasteiger charge is 2.41. The van der Waals surface area contributed by atoms with Crippen LogP contribution in [0.1, 0.15) is 38.5 Å². The molecule has 5 heteroatoms. The van der Waals surface area contributed by atoms with E-state index in [1.807, 2.05) is 0 Å². The number of carbonyl (C=O) groups is 1. The standard InChI is InChI=1S/C14H24N2O2.ClH/c17-13(12-10-18-9-7-15-12)16-8-6-14(11-16)4-2-1-3-5-14;/h12,15H,1-11H2;1H. The number of amides is 1. The predicted octanol–water partition coefficient (Wildman–Crippen LogP) is 1.58. The molecule has 2 saturated heterocycles.